The van der Waals surface area contributed by atoms with Gasteiger partial charge in [0.05, 0.1) is 14.7 Å². The highest BCUT2D eigenvalue weighted by atomic mass is 35.5. The van der Waals surface area contributed by atoms with Crippen molar-refractivity contribution in [2.75, 3.05) is 5.32 Å². The van der Waals surface area contributed by atoms with E-state index in [1.807, 2.05) is 31.2 Å². The van der Waals surface area contributed by atoms with Crippen molar-refractivity contribution < 1.29 is 0 Å². The van der Waals surface area contributed by atoms with Crippen LogP contribution in [0, 0.1) is 6.92 Å². The predicted molar refractivity (Wildman–Crippen MR) is 82.6 cm³/mol. The summed E-state index contributed by atoms with van der Waals surface area (Å²) in [5.74, 6) is 0. The first kappa shape index (κ1) is 14.0. The normalized spacial score (nSPS) is 12.5. The Morgan fingerprint density at radius 2 is 1.89 bits per heavy atom. The highest BCUT2D eigenvalue weighted by Gasteiger charge is 2.13. The highest BCUT2D eigenvalue weighted by molar-refractivity contribution is 7.20. The summed E-state index contributed by atoms with van der Waals surface area (Å²) in [6.07, 6.45) is 0. The van der Waals surface area contributed by atoms with Crippen LogP contribution in [0.3, 0.4) is 0 Å². The van der Waals surface area contributed by atoms with Gasteiger partial charge in [0, 0.05) is 16.3 Å². The van der Waals surface area contributed by atoms with Crippen LogP contribution in [0.2, 0.25) is 13.7 Å². The van der Waals surface area contributed by atoms with Gasteiger partial charge in [0.1, 0.15) is 0 Å². The van der Waals surface area contributed by atoms with Gasteiger partial charge >= 0.3 is 0 Å². The third kappa shape index (κ3) is 3.12. The molecule has 0 aliphatic rings. The smallest absolute Gasteiger partial charge is 0.0996 e. The Hall–Kier alpha value is -0.410. The molecule has 0 bridgehead atoms. The molecule has 96 valence electrons. The Kier molecular flexibility index (Phi) is 4.44. The minimum Gasteiger partial charge on any atom is -0.378 e. The van der Waals surface area contributed by atoms with Crippen molar-refractivity contribution in [2.45, 2.75) is 19.9 Å². The van der Waals surface area contributed by atoms with E-state index in [1.54, 1.807) is 0 Å². The Labute approximate surface area is 126 Å². The zero-order valence-electron chi connectivity index (χ0n) is 9.93. The van der Waals surface area contributed by atoms with E-state index >= 15 is 0 Å². The van der Waals surface area contributed by atoms with Gasteiger partial charge in [-0.25, -0.2) is 0 Å². The van der Waals surface area contributed by atoms with E-state index < -0.39 is 0 Å². The third-order valence-electron chi connectivity index (χ3n) is 2.71. The lowest BCUT2D eigenvalue weighted by atomic mass is 10.1. The van der Waals surface area contributed by atoms with Crippen molar-refractivity contribution in [1.82, 2.24) is 0 Å². The summed E-state index contributed by atoms with van der Waals surface area (Å²) in [7, 11) is 0. The van der Waals surface area contributed by atoms with Gasteiger partial charge in [-0.2, -0.15) is 0 Å². The lowest BCUT2D eigenvalue weighted by Gasteiger charge is -2.16. The quantitative estimate of drug-likeness (QED) is 0.711. The molecule has 1 atom stereocenters. The van der Waals surface area contributed by atoms with Crippen LogP contribution in [0.1, 0.15) is 24.1 Å². The maximum absolute atomic E-state index is 6.14. The SMILES string of the molecule is Cc1cc(Cl)ccc1NC(C)c1cc(Cl)sc1Cl. The molecule has 18 heavy (non-hydrogen) atoms. The number of hydrogen-bond acceptors (Lipinski definition) is 2. The fourth-order valence-corrected chi connectivity index (χ4v) is 3.62. The van der Waals surface area contributed by atoms with Crippen LogP contribution >= 0.6 is 46.1 Å². The second-order valence-electron chi connectivity index (χ2n) is 4.10. The number of rotatable bonds is 3. The molecule has 0 aliphatic heterocycles. The van der Waals surface area contributed by atoms with Crippen LogP contribution in [0.4, 0.5) is 5.69 Å². The molecule has 2 aromatic rings. The maximum atomic E-state index is 6.14. The number of thiophene rings is 1. The molecule has 0 fully saturated rings. The summed E-state index contributed by atoms with van der Waals surface area (Å²) in [6, 6.07) is 7.76. The lowest BCUT2D eigenvalue weighted by molar-refractivity contribution is 0.888. The average molecular weight is 321 g/mol. The molecule has 1 aromatic heterocycles. The second kappa shape index (κ2) is 5.70. The second-order valence-corrected chi connectivity index (χ2v) is 6.83. The van der Waals surface area contributed by atoms with Gasteiger partial charge in [0.25, 0.3) is 0 Å². The summed E-state index contributed by atoms with van der Waals surface area (Å²) >= 11 is 19.4. The molecule has 1 aromatic carbocycles. The van der Waals surface area contributed by atoms with Crippen molar-refractivity contribution in [3.8, 4) is 0 Å². The zero-order valence-corrected chi connectivity index (χ0v) is 13.0. The first-order valence-electron chi connectivity index (χ1n) is 5.45. The minimum atomic E-state index is 0.0983. The number of hydrogen-bond donors (Lipinski definition) is 1. The molecule has 0 saturated heterocycles. The van der Waals surface area contributed by atoms with Gasteiger partial charge in [-0.05, 0) is 43.7 Å². The number of halogens is 3. The standard InChI is InChI=1S/C13H12Cl3NS/c1-7-5-9(14)3-4-11(7)17-8(2)10-6-12(15)18-13(10)16/h3-6,8,17H,1-2H3. The van der Waals surface area contributed by atoms with E-state index in [-0.39, 0.29) is 6.04 Å². The Bertz CT molecular complexity index is 565. The zero-order chi connectivity index (χ0) is 13.3. The van der Waals surface area contributed by atoms with Crippen LogP contribution in [-0.4, -0.2) is 0 Å². The first-order chi connectivity index (χ1) is 8.47. The first-order valence-corrected chi connectivity index (χ1v) is 7.40. The fourth-order valence-electron chi connectivity index (χ4n) is 1.75. The molecule has 5 heteroatoms. The number of nitrogens with one attached hydrogen (secondary N) is 1. The molecule has 1 heterocycles. The number of benzene rings is 1. The monoisotopic (exact) mass is 319 g/mol. The Morgan fingerprint density at radius 1 is 1.17 bits per heavy atom. The van der Waals surface area contributed by atoms with Gasteiger partial charge in [-0.1, -0.05) is 34.8 Å². The van der Waals surface area contributed by atoms with E-state index in [9.17, 15) is 0 Å². The molecule has 0 amide bonds. The van der Waals surface area contributed by atoms with Gasteiger partial charge in [-0.15, -0.1) is 11.3 Å². The summed E-state index contributed by atoms with van der Waals surface area (Å²) in [4.78, 5) is 0. The van der Waals surface area contributed by atoms with Gasteiger partial charge in [0.15, 0.2) is 0 Å². The molecule has 1 nitrogen and oxygen atoms in total. The summed E-state index contributed by atoms with van der Waals surface area (Å²) in [5, 5.41) is 4.15. The molecular formula is C13H12Cl3NS. The summed E-state index contributed by atoms with van der Waals surface area (Å²) in [6.45, 7) is 4.07. The molecule has 1 unspecified atom stereocenters. The predicted octanol–water partition coefficient (Wildman–Crippen LogP) is 6.19. The van der Waals surface area contributed by atoms with Gasteiger partial charge in [0.2, 0.25) is 0 Å². The van der Waals surface area contributed by atoms with Crippen LogP contribution in [0.15, 0.2) is 24.3 Å². The van der Waals surface area contributed by atoms with Gasteiger partial charge in [-0.3, -0.25) is 0 Å². The largest absolute Gasteiger partial charge is 0.378 e. The van der Waals surface area contributed by atoms with E-state index in [4.69, 9.17) is 34.8 Å². The minimum absolute atomic E-state index is 0.0983. The molecule has 0 saturated carbocycles. The molecule has 2 rings (SSSR count). The molecular weight excluding hydrogens is 309 g/mol. The molecule has 1 N–H and O–H groups in total. The van der Waals surface area contributed by atoms with Crippen molar-refractivity contribution in [2.24, 2.45) is 0 Å². The summed E-state index contributed by atoms with van der Waals surface area (Å²) < 4.78 is 1.43. The van der Waals surface area contributed by atoms with Crippen LogP contribution in [0.25, 0.3) is 0 Å². The van der Waals surface area contributed by atoms with Crippen molar-refractivity contribution in [3.05, 3.63) is 49.1 Å². The van der Waals surface area contributed by atoms with Crippen LogP contribution in [-0.2, 0) is 0 Å². The van der Waals surface area contributed by atoms with Crippen LogP contribution in [0.5, 0.6) is 0 Å². The Balaban J connectivity index is 2.21. The number of aryl methyl sites for hydroxylation is 1. The number of anilines is 1. The lowest BCUT2D eigenvalue weighted by Crippen LogP contribution is -2.07. The third-order valence-corrected chi connectivity index (χ3v) is 4.46. The molecule has 0 radical (unpaired) electrons. The Morgan fingerprint density at radius 3 is 2.44 bits per heavy atom. The van der Waals surface area contributed by atoms with E-state index in [0.717, 1.165) is 26.2 Å². The van der Waals surface area contributed by atoms with Crippen molar-refractivity contribution >= 4 is 51.8 Å². The highest BCUT2D eigenvalue weighted by Crippen LogP contribution is 2.36. The molecule has 0 aliphatic carbocycles. The average Bonchev–Trinajstić information content (AvgIpc) is 2.62. The summed E-state index contributed by atoms with van der Waals surface area (Å²) in [5.41, 5.74) is 3.16. The van der Waals surface area contributed by atoms with Crippen LogP contribution < -0.4 is 5.32 Å². The van der Waals surface area contributed by atoms with Gasteiger partial charge < -0.3 is 5.32 Å². The van der Waals surface area contributed by atoms with Crippen molar-refractivity contribution in [1.29, 1.82) is 0 Å². The topological polar surface area (TPSA) is 12.0 Å². The van der Waals surface area contributed by atoms with E-state index in [0.29, 0.717) is 4.34 Å². The van der Waals surface area contributed by atoms with Crippen molar-refractivity contribution in [3.63, 3.8) is 0 Å². The van der Waals surface area contributed by atoms with E-state index in [2.05, 4.69) is 12.2 Å². The maximum Gasteiger partial charge on any atom is 0.0996 e. The molecule has 0 spiro atoms. The van der Waals surface area contributed by atoms with E-state index in [1.165, 1.54) is 11.3 Å². The fraction of sp³-hybridized carbons (Fsp3) is 0.231.